The zero-order valence-electron chi connectivity index (χ0n) is 16.0. The van der Waals surface area contributed by atoms with E-state index in [1.165, 1.54) is 5.56 Å². The van der Waals surface area contributed by atoms with E-state index in [1.54, 1.807) is 0 Å². The molecule has 1 N–H and O–H groups in total. The highest BCUT2D eigenvalue weighted by Gasteiger charge is 2.24. The largest absolute Gasteiger partial charge is 0.337 e. The maximum Gasteiger partial charge on any atom is 0.317 e. The van der Waals surface area contributed by atoms with E-state index < -0.39 is 0 Å². The number of urea groups is 1. The van der Waals surface area contributed by atoms with Crippen molar-refractivity contribution in [1.82, 2.24) is 15.1 Å². The van der Waals surface area contributed by atoms with Gasteiger partial charge in [-0.25, -0.2) is 4.79 Å². The molecule has 138 valence electrons. The van der Waals surface area contributed by atoms with Gasteiger partial charge < -0.3 is 15.1 Å². The molecule has 1 aliphatic rings. The van der Waals surface area contributed by atoms with Crippen LogP contribution in [-0.4, -0.2) is 53.5 Å². The Morgan fingerprint density at radius 2 is 1.60 bits per heavy atom. The number of rotatable bonds is 3. The van der Waals surface area contributed by atoms with Crippen molar-refractivity contribution >= 4 is 11.9 Å². The summed E-state index contributed by atoms with van der Waals surface area (Å²) in [5.41, 5.74) is 1.74. The maximum absolute atomic E-state index is 12.7. The first-order valence-electron chi connectivity index (χ1n) is 9.25. The van der Waals surface area contributed by atoms with Gasteiger partial charge in [-0.05, 0) is 51.3 Å². The molecule has 3 amide bonds. The third kappa shape index (κ3) is 5.76. The van der Waals surface area contributed by atoms with E-state index in [0.29, 0.717) is 26.2 Å². The zero-order chi connectivity index (χ0) is 18.4. The van der Waals surface area contributed by atoms with E-state index in [-0.39, 0.29) is 17.5 Å². The molecule has 0 saturated carbocycles. The predicted molar refractivity (Wildman–Crippen MR) is 101 cm³/mol. The molecule has 5 heteroatoms. The summed E-state index contributed by atoms with van der Waals surface area (Å²) in [6, 6.07) is 7.87. The number of carbonyl (C=O) groups is 2. The third-order valence-corrected chi connectivity index (χ3v) is 4.29. The first kappa shape index (κ1) is 19.3. The molecule has 1 fully saturated rings. The van der Waals surface area contributed by atoms with Crippen LogP contribution in [0.3, 0.4) is 0 Å². The first-order chi connectivity index (χ1) is 11.8. The lowest BCUT2D eigenvalue weighted by molar-refractivity contribution is 0.0762. The van der Waals surface area contributed by atoms with Crippen LogP contribution in [-0.2, 0) is 6.42 Å². The van der Waals surface area contributed by atoms with E-state index in [9.17, 15) is 9.59 Å². The van der Waals surface area contributed by atoms with Gasteiger partial charge in [0.1, 0.15) is 0 Å². The Balaban J connectivity index is 1.95. The molecule has 1 aromatic carbocycles. The van der Waals surface area contributed by atoms with Gasteiger partial charge in [0.05, 0.1) is 0 Å². The van der Waals surface area contributed by atoms with Crippen molar-refractivity contribution in [1.29, 1.82) is 0 Å². The minimum absolute atomic E-state index is 0.0503. The Kier molecular flexibility index (Phi) is 6.45. The number of amides is 3. The lowest BCUT2D eigenvalue weighted by Crippen LogP contribution is -2.49. The summed E-state index contributed by atoms with van der Waals surface area (Å²) in [5.74, 6) is 0.0566. The molecule has 25 heavy (non-hydrogen) atoms. The van der Waals surface area contributed by atoms with E-state index in [4.69, 9.17) is 0 Å². The average Bonchev–Trinajstić information content (AvgIpc) is 2.80. The van der Waals surface area contributed by atoms with Gasteiger partial charge in [0.2, 0.25) is 0 Å². The highest BCUT2D eigenvalue weighted by atomic mass is 16.2. The molecule has 0 unspecified atom stereocenters. The monoisotopic (exact) mass is 345 g/mol. The summed E-state index contributed by atoms with van der Waals surface area (Å²) < 4.78 is 0. The molecule has 0 aliphatic carbocycles. The van der Waals surface area contributed by atoms with E-state index in [2.05, 4.69) is 12.2 Å². The molecule has 2 rings (SSSR count). The van der Waals surface area contributed by atoms with Crippen LogP contribution in [0.5, 0.6) is 0 Å². The number of nitrogens with one attached hydrogen (secondary N) is 1. The van der Waals surface area contributed by atoms with Gasteiger partial charge in [0.25, 0.3) is 5.91 Å². The Hall–Kier alpha value is -2.04. The summed E-state index contributed by atoms with van der Waals surface area (Å²) in [7, 11) is 0. The maximum atomic E-state index is 12.7. The van der Waals surface area contributed by atoms with Gasteiger partial charge in [-0.3, -0.25) is 4.79 Å². The smallest absolute Gasteiger partial charge is 0.317 e. The van der Waals surface area contributed by atoms with Crippen LogP contribution in [0, 0.1) is 0 Å². The normalized spacial score (nSPS) is 15.7. The fourth-order valence-corrected chi connectivity index (χ4v) is 3.01. The molecule has 0 spiro atoms. The van der Waals surface area contributed by atoms with Crippen molar-refractivity contribution in [3.63, 3.8) is 0 Å². The van der Waals surface area contributed by atoms with Crippen molar-refractivity contribution in [2.45, 2.75) is 52.5 Å². The topological polar surface area (TPSA) is 52.7 Å². The second-order valence-electron chi connectivity index (χ2n) is 7.76. The molecule has 0 atom stereocenters. The van der Waals surface area contributed by atoms with Crippen molar-refractivity contribution in [3.05, 3.63) is 35.4 Å². The van der Waals surface area contributed by atoms with Gasteiger partial charge in [0, 0.05) is 37.3 Å². The lowest BCUT2D eigenvalue weighted by atomic mass is 10.1. The number of nitrogens with zero attached hydrogens (tertiary/aromatic N) is 2. The Morgan fingerprint density at radius 1 is 1.00 bits per heavy atom. The fraction of sp³-hybridized carbons (Fsp3) is 0.600. The molecule has 1 saturated heterocycles. The molecule has 0 aromatic heterocycles. The van der Waals surface area contributed by atoms with E-state index in [0.717, 1.165) is 24.8 Å². The average molecular weight is 345 g/mol. The van der Waals surface area contributed by atoms with Crippen LogP contribution in [0.2, 0.25) is 0 Å². The standard InChI is InChI=1S/C20H31N3O2/c1-5-7-16-8-10-17(11-9-16)18(24)22-12-6-13-23(15-14-22)19(25)21-20(2,3)4/h8-11H,5-7,12-15H2,1-4H3,(H,21,25). The van der Waals surface area contributed by atoms with Crippen LogP contribution in [0.4, 0.5) is 4.79 Å². The first-order valence-corrected chi connectivity index (χ1v) is 9.25. The number of hydrogen-bond acceptors (Lipinski definition) is 2. The van der Waals surface area contributed by atoms with Gasteiger partial charge in [0.15, 0.2) is 0 Å². The predicted octanol–water partition coefficient (Wildman–Crippen LogP) is 3.30. The molecule has 1 aliphatic heterocycles. The highest BCUT2D eigenvalue weighted by molar-refractivity contribution is 5.94. The van der Waals surface area contributed by atoms with Crippen molar-refractivity contribution in [2.24, 2.45) is 0 Å². The zero-order valence-corrected chi connectivity index (χ0v) is 16.0. The summed E-state index contributed by atoms with van der Waals surface area (Å²) >= 11 is 0. The van der Waals surface area contributed by atoms with Crippen molar-refractivity contribution in [2.75, 3.05) is 26.2 Å². The van der Waals surface area contributed by atoms with Crippen molar-refractivity contribution in [3.8, 4) is 0 Å². The van der Waals surface area contributed by atoms with Crippen LogP contribution in [0.15, 0.2) is 24.3 Å². The fourth-order valence-electron chi connectivity index (χ4n) is 3.01. The molecule has 0 bridgehead atoms. The molecular formula is C20H31N3O2. The number of aryl methyl sites for hydroxylation is 1. The Labute approximate surface area is 151 Å². The second-order valence-corrected chi connectivity index (χ2v) is 7.76. The quantitative estimate of drug-likeness (QED) is 0.914. The summed E-state index contributed by atoms with van der Waals surface area (Å²) in [5, 5.41) is 2.99. The number of carbonyl (C=O) groups excluding carboxylic acids is 2. The minimum Gasteiger partial charge on any atom is -0.337 e. The highest BCUT2D eigenvalue weighted by Crippen LogP contribution is 2.12. The van der Waals surface area contributed by atoms with Gasteiger partial charge in [-0.1, -0.05) is 25.5 Å². The van der Waals surface area contributed by atoms with Crippen LogP contribution >= 0.6 is 0 Å². The molecule has 0 radical (unpaired) electrons. The van der Waals surface area contributed by atoms with Crippen LogP contribution < -0.4 is 5.32 Å². The van der Waals surface area contributed by atoms with Crippen molar-refractivity contribution < 1.29 is 9.59 Å². The van der Waals surface area contributed by atoms with Gasteiger partial charge in [-0.15, -0.1) is 0 Å². The minimum atomic E-state index is -0.251. The van der Waals surface area contributed by atoms with Gasteiger partial charge in [-0.2, -0.15) is 0 Å². The molecule has 5 nitrogen and oxygen atoms in total. The Bertz CT molecular complexity index is 590. The third-order valence-electron chi connectivity index (χ3n) is 4.29. The van der Waals surface area contributed by atoms with Crippen LogP contribution in [0.25, 0.3) is 0 Å². The lowest BCUT2D eigenvalue weighted by Gasteiger charge is -2.27. The van der Waals surface area contributed by atoms with E-state index in [1.807, 2.05) is 54.8 Å². The SMILES string of the molecule is CCCc1ccc(C(=O)N2CCCN(C(=O)NC(C)(C)C)CC2)cc1. The summed E-state index contributed by atoms with van der Waals surface area (Å²) in [6.45, 7) is 10.6. The Morgan fingerprint density at radius 3 is 2.20 bits per heavy atom. The van der Waals surface area contributed by atoms with Crippen LogP contribution in [0.1, 0.15) is 56.5 Å². The molecular weight excluding hydrogens is 314 g/mol. The summed E-state index contributed by atoms with van der Waals surface area (Å²) in [4.78, 5) is 28.7. The second kappa shape index (κ2) is 8.37. The number of benzene rings is 1. The van der Waals surface area contributed by atoms with E-state index >= 15 is 0 Å². The van der Waals surface area contributed by atoms with Gasteiger partial charge >= 0.3 is 6.03 Å². The summed E-state index contributed by atoms with van der Waals surface area (Å²) in [6.07, 6.45) is 2.94. The molecule has 1 heterocycles. The molecule has 1 aromatic rings. The number of hydrogen-bond donors (Lipinski definition) is 1.